The predicted molar refractivity (Wildman–Crippen MR) is 132 cm³/mol. The molecule has 0 N–H and O–H groups in total. The summed E-state index contributed by atoms with van der Waals surface area (Å²) in [5.41, 5.74) is -0.429. The van der Waals surface area contributed by atoms with Crippen molar-refractivity contribution in [3.8, 4) is 17.2 Å². The smallest absolute Gasteiger partial charge is 0.489 e. The number of rotatable bonds is 12. The van der Waals surface area contributed by atoms with Crippen molar-refractivity contribution in [2.45, 2.75) is 40.2 Å². The van der Waals surface area contributed by atoms with Crippen molar-refractivity contribution in [2.24, 2.45) is 0 Å². The average Bonchev–Trinajstić information content (AvgIpc) is 2.93. The van der Waals surface area contributed by atoms with Gasteiger partial charge < -0.3 is 18.4 Å². The first-order valence-corrected chi connectivity index (χ1v) is 12.6. The average molecular weight is 594 g/mol. The fourth-order valence-electron chi connectivity index (χ4n) is 4.79. The minimum Gasteiger partial charge on any atom is -0.489 e. The predicted octanol–water partition coefficient (Wildman–Crippen LogP) is 7.79. The minimum absolute atomic E-state index is 0.198. The Hall–Kier alpha value is -3.55. The number of halogens is 9. The first kappa shape index (κ1) is 32.0. The van der Waals surface area contributed by atoms with E-state index in [2.05, 4.69) is 0 Å². The first-order chi connectivity index (χ1) is 19.3. The molecule has 222 valence electrons. The number of hydrogen-bond acceptors (Lipinski definition) is 3. The fraction of sp³-hybridized carbons (Fsp3) is 0.333. The van der Waals surface area contributed by atoms with Crippen LogP contribution in [0.4, 0.5) is 39.5 Å². The van der Waals surface area contributed by atoms with Crippen LogP contribution in [0.1, 0.15) is 45.7 Å². The van der Waals surface area contributed by atoms with Gasteiger partial charge in [0.05, 0.1) is 25.2 Å². The zero-order valence-corrected chi connectivity index (χ0v) is 22.4. The Balaban J connectivity index is 2.18. The second-order valence-electron chi connectivity index (χ2n) is 9.03. The van der Waals surface area contributed by atoms with E-state index in [0.29, 0.717) is 50.0 Å². The van der Waals surface area contributed by atoms with Gasteiger partial charge >= 0.3 is 7.32 Å². The van der Waals surface area contributed by atoms with Crippen molar-refractivity contribution in [2.75, 3.05) is 19.6 Å². The van der Waals surface area contributed by atoms with Gasteiger partial charge in [0.15, 0.2) is 52.4 Å². The van der Waals surface area contributed by atoms with Gasteiger partial charge in [-0.1, -0.05) is 6.92 Å². The molecule has 0 spiro atoms. The van der Waals surface area contributed by atoms with Gasteiger partial charge in [0.1, 0.15) is 23.3 Å². The lowest BCUT2D eigenvalue weighted by molar-refractivity contribution is -0.953. The number of benzene rings is 3. The third-order valence-electron chi connectivity index (χ3n) is 7.04. The highest BCUT2D eigenvalue weighted by molar-refractivity contribution is 6.39. The molecule has 3 rings (SSSR count). The maximum atomic E-state index is 15.4. The first-order valence-electron chi connectivity index (χ1n) is 12.6. The summed E-state index contributed by atoms with van der Waals surface area (Å²) in [4.78, 5) is 0. The van der Waals surface area contributed by atoms with Crippen LogP contribution >= 0.6 is 0 Å². The van der Waals surface area contributed by atoms with Crippen LogP contribution in [-0.4, -0.2) is 31.4 Å². The van der Waals surface area contributed by atoms with E-state index in [1.807, 2.05) is 20.8 Å². The Morgan fingerprint density at radius 3 is 1.32 bits per heavy atom. The molecule has 0 aliphatic carbocycles. The van der Waals surface area contributed by atoms with Crippen LogP contribution in [0.3, 0.4) is 0 Å². The van der Waals surface area contributed by atoms with Gasteiger partial charge in [0.25, 0.3) is 0 Å². The van der Waals surface area contributed by atoms with Crippen molar-refractivity contribution in [1.82, 2.24) is 0 Å². The topological polar surface area (TPSA) is 27.7 Å². The quantitative estimate of drug-likeness (QED) is 0.0928. The van der Waals surface area contributed by atoms with Crippen LogP contribution in [0.2, 0.25) is 0 Å². The zero-order chi connectivity index (χ0) is 30.6. The van der Waals surface area contributed by atoms with E-state index in [1.165, 1.54) is 0 Å². The van der Waals surface area contributed by atoms with E-state index in [4.69, 9.17) is 14.0 Å². The Morgan fingerprint density at radius 1 is 0.561 bits per heavy atom. The Kier molecular flexibility index (Phi) is 10.1. The second kappa shape index (κ2) is 13.0. The van der Waals surface area contributed by atoms with Gasteiger partial charge in [-0.25, -0.2) is 39.5 Å². The highest BCUT2D eigenvalue weighted by atomic mass is 19.2. The fourth-order valence-corrected chi connectivity index (χ4v) is 4.79. The van der Waals surface area contributed by atoms with Gasteiger partial charge in [-0.3, -0.25) is 0 Å². The van der Waals surface area contributed by atoms with Crippen LogP contribution in [0, 0.1) is 52.4 Å². The summed E-state index contributed by atoms with van der Waals surface area (Å²) in [5.74, 6) is -17.7. The molecule has 0 saturated carbocycles. The number of quaternary nitrogens is 1. The maximum absolute atomic E-state index is 15.4. The molecule has 1 unspecified atom stereocenters. The van der Waals surface area contributed by atoms with Gasteiger partial charge in [-0.05, 0) is 20.8 Å². The van der Waals surface area contributed by atoms with E-state index in [-0.39, 0.29) is 10.9 Å². The van der Waals surface area contributed by atoms with Crippen LogP contribution in [0.15, 0.2) is 30.3 Å². The largest absolute Gasteiger partial charge is 0.864 e. The Labute approximate surface area is 231 Å². The van der Waals surface area contributed by atoms with Gasteiger partial charge in [-0.15, -0.1) is 0 Å². The van der Waals surface area contributed by atoms with Crippen LogP contribution < -0.4 is 14.0 Å². The third-order valence-corrected chi connectivity index (χ3v) is 7.04. The lowest BCUT2D eigenvalue weighted by Gasteiger charge is -2.43. The molecule has 41 heavy (non-hydrogen) atoms. The summed E-state index contributed by atoms with van der Waals surface area (Å²) < 4.78 is 143. The molecule has 0 fully saturated rings. The van der Waals surface area contributed by atoms with Gasteiger partial charge in [-0.2, -0.15) is 0 Å². The summed E-state index contributed by atoms with van der Waals surface area (Å²) in [5, 5.41) is 0. The summed E-state index contributed by atoms with van der Waals surface area (Å²) in [6.45, 7) is 8.47. The lowest BCUT2D eigenvalue weighted by atomic mass is 9.96. The van der Waals surface area contributed by atoms with Gasteiger partial charge in [0, 0.05) is 36.8 Å². The molecule has 0 heterocycles. The molecule has 0 radical (unpaired) electrons. The SMILES string of the molecule is CCC(c1c(OB(Oc2cc(F)c(F)c(F)c2)Oc2cc(F)c(F)c(F)c2)cc(F)c(F)c1F)[N+](CC)(CC)CC. The third kappa shape index (κ3) is 6.52. The molecule has 1 atom stereocenters. The summed E-state index contributed by atoms with van der Waals surface area (Å²) >= 11 is 0. The highest BCUT2D eigenvalue weighted by Crippen LogP contribution is 2.40. The van der Waals surface area contributed by atoms with Crippen molar-refractivity contribution in [1.29, 1.82) is 0 Å². The van der Waals surface area contributed by atoms with E-state index < -0.39 is 88.5 Å². The molecular formula is C27H26BF9NO3+. The molecule has 0 aliphatic heterocycles. The molecule has 0 aliphatic rings. The second-order valence-corrected chi connectivity index (χ2v) is 9.03. The van der Waals surface area contributed by atoms with Crippen molar-refractivity contribution < 1.29 is 58.0 Å². The summed E-state index contributed by atoms with van der Waals surface area (Å²) in [7, 11) is -2.32. The number of nitrogens with zero attached hydrogens (tertiary/aromatic N) is 1. The normalized spacial score (nSPS) is 12.3. The lowest BCUT2D eigenvalue weighted by Crippen LogP contribution is -2.50. The summed E-state index contributed by atoms with van der Waals surface area (Å²) in [6.07, 6.45) is 0.211. The molecule has 0 aromatic heterocycles. The van der Waals surface area contributed by atoms with E-state index in [0.717, 1.165) is 0 Å². The monoisotopic (exact) mass is 594 g/mol. The molecule has 4 nitrogen and oxygen atoms in total. The Morgan fingerprint density at radius 2 is 0.951 bits per heavy atom. The molecule has 0 saturated heterocycles. The zero-order valence-electron chi connectivity index (χ0n) is 22.4. The van der Waals surface area contributed by atoms with Crippen LogP contribution in [0.5, 0.6) is 17.2 Å². The van der Waals surface area contributed by atoms with E-state index >= 15 is 4.39 Å². The van der Waals surface area contributed by atoms with Gasteiger partial charge in [0.2, 0.25) is 0 Å². The van der Waals surface area contributed by atoms with E-state index in [9.17, 15) is 35.1 Å². The summed E-state index contributed by atoms with van der Waals surface area (Å²) in [6, 6.07) is 1.17. The standard InChI is InChI=1S/C27H26BF9NO3/c1-5-21(38(6-2,7-3)8-4)23-22(13-20(33)26(36)27(23)37)41-28(39-14-9-16(29)24(34)17(30)10-14)40-15-11-18(31)25(35)19(32)12-15/h9-13,21H,5-8H2,1-4H3/q+1. The minimum atomic E-state index is -2.32. The molecular weight excluding hydrogens is 568 g/mol. The molecule has 3 aromatic carbocycles. The highest BCUT2D eigenvalue weighted by Gasteiger charge is 2.41. The maximum Gasteiger partial charge on any atom is 0.864 e. The Bertz CT molecular complexity index is 1290. The van der Waals surface area contributed by atoms with Crippen molar-refractivity contribution in [3.05, 3.63) is 88.3 Å². The van der Waals surface area contributed by atoms with Crippen molar-refractivity contribution in [3.63, 3.8) is 0 Å². The molecule has 0 bridgehead atoms. The molecule has 3 aromatic rings. The van der Waals surface area contributed by atoms with Crippen molar-refractivity contribution >= 4 is 7.32 Å². The molecule has 0 amide bonds. The van der Waals surface area contributed by atoms with Crippen LogP contribution in [0.25, 0.3) is 0 Å². The number of hydrogen-bond donors (Lipinski definition) is 0. The van der Waals surface area contributed by atoms with Crippen LogP contribution in [-0.2, 0) is 0 Å². The molecule has 14 heteroatoms. The van der Waals surface area contributed by atoms with E-state index in [1.54, 1.807) is 6.92 Å².